The maximum atomic E-state index is 12.5. The van der Waals surface area contributed by atoms with Gasteiger partial charge in [-0.3, -0.25) is 19.1 Å². The maximum absolute atomic E-state index is 12.5. The van der Waals surface area contributed by atoms with Gasteiger partial charge in [0.1, 0.15) is 10.8 Å². The fourth-order valence-corrected chi connectivity index (χ4v) is 4.66. The highest BCUT2D eigenvalue weighted by Crippen LogP contribution is 2.29. The Morgan fingerprint density at radius 2 is 1.75 bits per heavy atom. The molecule has 2 N–H and O–H groups in total. The van der Waals surface area contributed by atoms with Crippen molar-refractivity contribution >= 4 is 34.8 Å². The lowest BCUT2D eigenvalue weighted by atomic mass is 10.1. The Hall–Kier alpha value is -3.50. The number of hydrogen-bond donors (Lipinski definition) is 2. The molecule has 0 aliphatic rings. The molecule has 0 aliphatic heterocycles. The van der Waals surface area contributed by atoms with E-state index in [2.05, 4.69) is 20.5 Å². The summed E-state index contributed by atoms with van der Waals surface area (Å²) in [6.07, 6.45) is 0.581. The molecule has 162 valence electrons. The number of thioether (sulfide) groups is 1. The van der Waals surface area contributed by atoms with Crippen LogP contribution < -0.4 is 16.6 Å². The molecule has 0 saturated heterocycles. The van der Waals surface area contributed by atoms with E-state index in [9.17, 15) is 14.4 Å². The van der Waals surface area contributed by atoms with E-state index in [1.807, 2.05) is 60.7 Å². The van der Waals surface area contributed by atoms with Crippen LogP contribution in [0.25, 0.3) is 10.6 Å². The molecule has 1 amide bonds. The van der Waals surface area contributed by atoms with Gasteiger partial charge in [0.25, 0.3) is 5.56 Å². The third-order valence-corrected chi connectivity index (χ3v) is 6.63. The molecule has 0 bridgehead atoms. The van der Waals surface area contributed by atoms with Crippen LogP contribution in [-0.2, 0) is 17.8 Å². The first-order valence-corrected chi connectivity index (χ1v) is 11.6. The number of hydrogen-bond acceptors (Lipinski definition) is 7. The van der Waals surface area contributed by atoms with Crippen LogP contribution in [0.5, 0.6) is 0 Å². The Labute approximate surface area is 191 Å². The number of aromatic amines is 1. The predicted molar refractivity (Wildman–Crippen MR) is 126 cm³/mol. The molecule has 2 aromatic carbocycles. The van der Waals surface area contributed by atoms with Crippen LogP contribution in [0.15, 0.2) is 80.7 Å². The van der Waals surface area contributed by atoms with E-state index in [0.29, 0.717) is 17.3 Å². The summed E-state index contributed by atoms with van der Waals surface area (Å²) in [4.78, 5) is 38.9. The first-order chi connectivity index (χ1) is 15.6. The molecule has 0 atom stereocenters. The highest BCUT2D eigenvalue weighted by atomic mass is 32.2. The summed E-state index contributed by atoms with van der Waals surface area (Å²) >= 11 is 2.65. The smallest absolute Gasteiger partial charge is 0.311 e. The van der Waals surface area contributed by atoms with Crippen molar-refractivity contribution in [3.05, 3.63) is 93.1 Å². The molecule has 8 nitrogen and oxygen atoms in total. The van der Waals surface area contributed by atoms with E-state index < -0.39 is 11.2 Å². The summed E-state index contributed by atoms with van der Waals surface area (Å²) in [5.41, 5.74) is 0.884. The Kier molecular flexibility index (Phi) is 6.93. The Morgan fingerprint density at radius 3 is 2.50 bits per heavy atom. The minimum Gasteiger partial charge on any atom is -0.311 e. The molecule has 10 heteroatoms. The summed E-state index contributed by atoms with van der Waals surface area (Å²) in [7, 11) is 0. The first-order valence-electron chi connectivity index (χ1n) is 9.78. The van der Waals surface area contributed by atoms with Crippen LogP contribution in [0.3, 0.4) is 0 Å². The van der Waals surface area contributed by atoms with Crippen LogP contribution in [0.4, 0.5) is 5.82 Å². The van der Waals surface area contributed by atoms with Gasteiger partial charge in [0, 0.05) is 18.2 Å². The van der Waals surface area contributed by atoms with Crippen molar-refractivity contribution in [1.82, 2.24) is 19.7 Å². The minimum absolute atomic E-state index is 0.0725. The molecule has 2 aromatic heterocycles. The lowest BCUT2D eigenvalue weighted by molar-refractivity contribution is -0.113. The van der Waals surface area contributed by atoms with Crippen molar-refractivity contribution in [3.8, 4) is 10.6 Å². The van der Waals surface area contributed by atoms with E-state index in [-0.39, 0.29) is 17.5 Å². The number of aromatic nitrogens is 4. The monoisotopic (exact) mass is 465 g/mol. The number of carbonyl (C=O) groups is 1. The first kappa shape index (κ1) is 21.7. The molecule has 4 aromatic rings. The van der Waals surface area contributed by atoms with Crippen molar-refractivity contribution < 1.29 is 4.79 Å². The Balaban J connectivity index is 1.41. The molecule has 0 saturated carbocycles. The number of carbonyl (C=O) groups excluding carboxylic acids is 1. The lowest BCUT2D eigenvalue weighted by Gasteiger charge is -2.12. The van der Waals surface area contributed by atoms with Gasteiger partial charge in [0.05, 0.1) is 5.75 Å². The number of nitrogens with one attached hydrogen (secondary N) is 2. The Bertz CT molecular complexity index is 1320. The van der Waals surface area contributed by atoms with E-state index in [4.69, 9.17) is 0 Å². The second-order valence-corrected chi connectivity index (χ2v) is 8.99. The van der Waals surface area contributed by atoms with E-state index in [1.165, 1.54) is 33.7 Å². The molecule has 2 heterocycles. The molecule has 0 fully saturated rings. The van der Waals surface area contributed by atoms with Gasteiger partial charge >= 0.3 is 5.69 Å². The van der Waals surface area contributed by atoms with Gasteiger partial charge in [0.15, 0.2) is 4.34 Å². The Morgan fingerprint density at radius 1 is 1.03 bits per heavy atom. The number of anilines is 1. The zero-order valence-corrected chi connectivity index (χ0v) is 18.5. The average molecular weight is 466 g/mol. The fraction of sp³-hybridized carbons (Fsp3) is 0.136. The normalized spacial score (nSPS) is 10.8. The number of nitrogens with zero attached hydrogens (tertiary/aromatic N) is 3. The van der Waals surface area contributed by atoms with Gasteiger partial charge in [-0.1, -0.05) is 83.8 Å². The maximum Gasteiger partial charge on any atom is 0.329 e. The SMILES string of the molecule is O=C(CSc1nnc(-c2ccccc2)s1)Nc1cc(=O)[nH]c(=O)n1CCc1ccccc1. The van der Waals surface area contributed by atoms with E-state index >= 15 is 0 Å². The molecule has 0 unspecified atom stereocenters. The van der Waals surface area contributed by atoms with Gasteiger partial charge < -0.3 is 5.32 Å². The molecule has 4 rings (SSSR count). The number of benzene rings is 2. The average Bonchev–Trinajstić information content (AvgIpc) is 3.27. The second kappa shape index (κ2) is 10.2. The van der Waals surface area contributed by atoms with Gasteiger partial charge in [0.2, 0.25) is 5.91 Å². The van der Waals surface area contributed by atoms with Crippen molar-refractivity contribution in [2.24, 2.45) is 0 Å². The molecule has 0 aliphatic carbocycles. The molecule has 0 spiro atoms. The third-order valence-electron chi connectivity index (χ3n) is 4.52. The highest BCUT2D eigenvalue weighted by Gasteiger charge is 2.13. The largest absolute Gasteiger partial charge is 0.329 e. The molecular weight excluding hydrogens is 446 g/mol. The standard InChI is InChI=1S/C22H19N5O3S2/c28-18-13-17(27(21(30)24-18)12-11-15-7-3-1-4-8-15)23-19(29)14-31-22-26-25-20(32-22)16-9-5-2-6-10-16/h1-10,13H,11-12,14H2,(H,23,29)(H,24,28,30). The van der Waals surface area contributed by atoms with Crippen LogP contribution in [0.2, 0.25) is 0 Å². The van der Waals surface area contributed by atoms with Crippen LogP contribution in [0, 0.1) is 0 Å². The topological polar surface area (TPSA) is 110 Å². The zero-order chi connectivity index (χ0) is 22.3. The quantitative estimate of drug-likeness (QED) is 0.387. The number of amides is 1. The number of aryl methyl sites for hydroxylation is 1. The number of rotatable bonds is 8. The van der Waals surface area contributed by atoms with Crippen molar-refractivity contribution in [2.75, 3.05) is 11.1 Å². The lowest BCUT2D eigenvalue weighted by Crippen LogP contribution is -2.33. The molecular formula is C22H19N5O3S2. The molecule has 0 radical (unpaired) electrons. The zero-order valence-electron chi connectivity index (χ0n) is 16.9. The second-order valence-electron chi connectivity index (χ2n) is 6.79. The van der Waals surface area contributed by atoms with Gasteiger partial charge in [-0.05, 0) is 12.0 Å². The minimum atomic E-state index is -0.564. The van der Waals surface area contributed by atoms with Gasteiger partial charge in [-0.25, -0.2) is 4.79 Å². The summed E-state index contributed by atoms with van der Waals surface area (Å²) in [6, 6.07) is 20.6. The highest BCUT2D eigenvalue weighted by molar-refractivity contribution is 8.01. The van der Waals surface area contributed by atoms with Crippen molar-refractivity contribution in [3.63, 3.8) is 0 Å². The van der Waals surface area contributed by atoms with Crippen LogP contribution in [0.1, 0.15) is 5.56 Å². The number of H-pyrrole nitrogens is 1. The summed E-state index contributed by atoms with van der Waals surface area (Å²) in [5.74, 6) is -0.101. The predicted octanol–water partition coefficient (Wildman–Crippen LogP) is 3.03. The van der Waals surface area contributed by atoms with Crippen LogP contribution >= 0.6 is 23.1 Å². The third kappa shape index (κ3) is 5.59. The van der Waals surface area contributed by atoms with Crippen LogP contribution in [-0.4, -0.2) is 31.4 Å². The van der Waals surface area contributed by atoms with Gasteiger partial charge in [-0.2, -0.15) is 0 Å². The summed E-state index contributed by atoms with van der Waals surface area (Å²) < 4.78 is 2.02. The molecule has 32 heavy (non-hydrogen) atoms. The van der Waals surface area contributed by atoms with Crippen molar-refractivity contribution in [1.29, 1.82) is 0 Å². The van der Waals surface area contributed by atoms with Gasteiger partial charge in [-0.15, -0.1) is 10.2 Å². The van der Waals surface area contributed by atoms with Crippen molar-refractivity contribution in [2.45, 2.75) is 17.3 Å². The fourth-order valence-electron chi connectivity index (χ4n) is 3.00. The summed E-state index contributed by atoms with van der Waals surface area (Å²) in [6.45, 7) is 0.319. The van der Waals surface area contributed by atoms with E-state index in [1.54, 1.807) is 0 Å². The summed E-state index contributed by atoms with van der Waals surface area (Å²) in [5, 5.41) is 11.7. The van der Waals surface area contributed by atoms with E-state index in [0.717, 1.165) is 16.1 Å².